The van der Waals surface area contributed by atoms with Gasteiger partial charge in [-0.05, 0) is 13.3 Å². The number of hydrogen-bond acceptors (Lipinski definition) is 3. The van der Waals surface area contributed by atoms with Crippen LogP contribution in [-0.2, 0) is 9.59 Å². The van der Waals surface area contributed by atoms with Gasteiger partial charge in [0.2, 0.25) is 11.8 Å². The van der Waals surface area contributed by atoms with Crippen molar-refractivity contribution in [1.29, 1.82) is 0 Å². The zero-order valence-corrected chi connectivity index (χ0v) is 13.7. The monoisotopic (exact) mass is 297 g/mol. The van der Waals surface area contributed by atoms with Gasteiger partial charge < -0.3 is 10.2 Å². The van der Waals surface area contributed by atoms with Crippen LogP contribution < -0.4 is 5.32 Å². The molecule has 122 valence electrons. The van der Waals surface area contributed by atoms with E-state index in [2.05, 4.69) is 17.1 Å². The van der Waals surface area contributed by atoms with Gasteiger partial charge in [-0.2, -0.15) is 0 Å². The van der Waals surface area contributed by atoms with Crippen LogP contribution in [0, 0.1) is 0 Å². The maximum absolute atomic E-state index is 12.1. The number of unbranched alkanes of at least 4 members (excludes halogenated alkanes) is 4. The van der Waals surface area contributed by atoms with Gasteiger partial charge in [-0.15, -0.1) is 0 Å². The second-order valence-electron chi connectivity index (χ2n) is 5.77. The molecule has 1 rings (SSSR count). The third kappa shape index (κ3) is 7.46. The highest BCUT2D eigenvalue weighted by atomic mass is 16.2. The number of piperazine rings is 1. The minimum atomic E-state index is 0.0770. The molecule has 0 atom stereocenters. The number of nitrogens with one attached hydrogen (secondary N) is 1. The van der Waals surface area contributed by atoms with Gasteiger partial charge in [0, 0.05) is 39.1 Å². The van der Waals surface area contributed by atoms with Crippen LogP contribution in [0.2, 0.25) is 0 Å². The minimum Gasteiger partial charge on any atom is -0.355 e. The Morgan fingerprint density at radius 3 is 2.24 bits per heavy atom. The van der Waals surface area contributed by atoms with Crippen molar-refractivity contribution >= 4 is 11.8 Å². The molecule has 0 unspecified atom stereocenters. The zero-order valence-electron chi connectivity index (χ0n) is 13.7. The summed E-state index contributed by atoms with van der Waals surface area (Å²) in [6.07, 6.45) is 6.60. The first-order valence-corrected chi connectivity index (χ1v) is 8.44. The van der Waals surface area contributed by atoms with Gasteiger partial charge in [-0.3, -0.25) is 14.5 Å². The fourth-order valence-corrected chi connectivity index (χ4v) is 2.65. The summed E-state index contributed by atoms with van der Waals surface area (Å²) in [5, 5.41) is 2.81. The summed E-state index contributed by atoms with van der Waals surface area (Å²) < 4.78 is 0. The Morgan fingerprint density at radius 1 is 0.952 bits per heavy atom. The van der Waals surface area contributed by atoms with E-state index in [1.54, 1.807) is 0 Å². The fourth-order valence-electron chi connectivity index (χ4n) is 2.65. The van der Waals surface area contributed by atoms with Crippen LogP contribution in [0.4, 0.5) is 0 Å². The normalized spacial score (nSPS) is 16.0. The maximum atomic E-state index is 12.1. The van der Waals surface area contributed by atoms with E-state index in [0.29, 0.717) is 19.5 Å². The summed E-state index contributed by atoms with van der Waals surface area (Å²) in [5.41, 5.74) is 0. The molecule has 0 radical (unpaired) electrons. The summed E-state index contributed by atoms with van der Waals surface area (Å²) in [6, 6.07) is 0. The number of amides is 2. The lowest BCUT2D eigenvalue weighted by Crippen LogP contribution is -2.51. The molecule has 0 saturated carbocycles. The van der Waals surface area contributed by atoms with Gasteiger partial charge in [-0.25, -0.2) is 0 Å². The second kappa shape index (κ2) is 10.6. The Hall–Kier alpha value is -1.10. The quantitative estimate of drug-likeness (QED) is 0.658. The van der Waals surface area contributed by atoms with Crippen LogP contribution in [0.1, 0.15) is 52.4 Å². The molecule has 1 aliphatic heterocycles. The molecule has 1 heterocycles. The molecule has 0 spiro atoms. The molecule has 1 fully saturated rings. The molecular weight excluding hydrogens is 266 g/mol. The molecule has 1 saturated heterocycles. The largest absolute Gasteiger partial charge is 0.355 e. The highest BCUT2D eigenvalue weighted by Crippen LogP contribution is 2.09. The molecular formula is C16H31N3O2. The van der Waals surface area contributed by atoms with E-state index in [-0.39, 0.29) is 11.8 Å². The van der Waals surface area contributed by atoms with Crippen LogP contribution in [0.3, 0.4) is 0 Å². The Labute approximate surface area is 129 Å². The average molecular weight is 297 g/mol. The number of hydrogen-bond donors (Lipinski definition) is 1. The van der Waals surface area contributed by atoms with E-state index in [1.165, 1.54) is 19.3 Å². The van der Waals surface area contributed by atoms with Crippen LogP contribution in [0.5, 0.6) is 0 Å². The minimum absolute atomic E-state index is 0.0770. The molecule has 0 aromatic heterocycles. The molecule has 1 aliphatic rings. The summed E-state index contributed by atoms with van der Waals surface area (Å²) in [4.78, 5) is 27.7. The lowest BCUT2D eigenvalue weighted by atomic mass is 10.1. The summed E-state index contributed by atoms with van der Waals surface area (Å²) >= 11 is 0. The molecule has 0 aliphatic carbocycles. The van der Waals surface area contributed by atoms with E-state index in [0.717, 1.165) is 39.0 Å². The van der Waals surface area contributed by atoms with E-state index in [9.17, 15) is 9.59 Å². The van der Waals surface area contributed by atoms with Crippen LogP contribution in [0.25, 0.3) is 0 Å². The van der Waals surface area contributed by atoms with Crippen LogP contribution >= 0.6 is 0 Å². The standard InChI is InChI=1S/C16H31N3O2/c1-3-5-6-7-8-9-16(21)19-12-10-18(11-13-19)14-15(20)17-4-2/h3-14H2,1-2H3,(H,17,20). The van der Waals surface area contributed by atoms with Crippen LogP contribution in [-0.4, -0.2) is 60.9 Å². The van der Waals surface area contributed by atoms with E-state index < -0.39 is 0 Å². The summed E-state index contributed by atoms with van der Waals surface area (Å²) in [5.74, 6) is 0.359. The molecule has 5 nitrogen and oxygen atoms in total. The van der Waals surface area contributed by atoms with Crippen molar-refractivity contribution in [2.24, 2.45) is 0 Å². The Morgan fingerprint density at radius 2 is 1.62 bits per heavy atom. The number of carbonyl (C=O) groups is 2. The Bertz CT molecular complexity index is 313. The summed E-state index contributed by atoms with van der Waals surface area (Å²) in [7, 11) is 0. The van der Waals surface area contributed by atoms with E-state index in [4.69, 9.17) is 0 Å². The molecule has 0 aromatic rings. The molecule has 21 heavy (non-hydrogen) atoms. The number of carbonyl (C=O) groups excluding carboxylic acids is 2. The lowest BCUT2D eigenvalue weighted by Gasteiger charge is -2.34. The van der Waals surface area contributed by atoms with Crippen LogP contribution in [0.15, 0.2) is 0 Å². The second-order valence-corrected chi connectivity index (χ2v) is 5.77. The van der Waals surface area contributed by atoms with Gasteiger partial charge in [0.1, 0.15) is 0 Å². The van der Waals surface area contributed by atoms with Crippen molar-refractivity contribution in [3.05, 3.63) is 0 Å². The van der Waals surface area contributed by atoms with Crippen molar-refractivity contribution in [2.45, 2.75) is 52.4 Å². The highest BCUT2D eigenvalue weighted by Gasteiger charge is 2.21. The first-order valence-electron chi connectivity index (χ1n) is 8.44. The smallest absolute Gasteiger partial charge is 0.234 e. The number of rotatable bonds is 9. The van der Waals surface area contributed by atoms with Gasteiger partial charge in [0.15, 0.2) is 0 Å². The van der Waals surface area contributed by atoms with E-state index >= 15 is 0 Å². The van der Waals surface area contributed by atoms with Gasteiger partial charge in [0.05, 0.1) is 6.54 Å². The molecule has 2 amide bonds. The molecule has 0 aromatic carbocycles. The average Bonchev–Trinajstić information content (AvgIpc) is 2.48. The molecule has 5 heteroatoms. The number of nitrogens with zero attached hydrogens (tertiary/aromatic N) is 2. The van der Waals surface area contributed by atoms with E-state index in [1.807, 2.05) is 11.8 Å². The van der Waals surface area contributed by atoms with Crippen molar-refractivity contribution in [3.8, 4) is 0 Å². The SMILES string of the molecule is CCCCCCCC(=O)N1CCN(CC(=O)NCC)CC1. The molecule has 0 bridgehead atoms. The van der Waals surface area contributed by atoms with Gasteiger partial charge in [0.25, 0.3) is 0 Å². The third-order valence-corrected chi connectivity index (χ3v) is 3.96. The first-order chi connectivity index (χ1) is 10.2. The van der Waals surface area contributed by atoms with Crippen molar-refractivity contribution in [1.82, 2.24) is 15.1 Å². The first kappa shape index (κ1) is 18.0. The zero-order chi connectivity index (χ0) is 15.5. The van der Waals surface area contributed by atoms with Crippen molar-refractivity contribution < 1.29 is 9.59 Å². The van der Waals surface area contributed by atoms with Crippen molar-refractivity contribution in [3.63, 3.8) is 0 Å². The Kier molecular flexibility index (Phi) is 9.06. The highest BCUT2D eigenvalue weighted by molar-refractivity contribution is 5.78. The van der Waals surface area contributed by atoms with Crippen molar-refractivity contribution in [2.75, 3.05) is 39.3 Å². The predicted molar refractivity (Wildman–Crippen MR) is 85.1 cm³/mol. The fraction of sp³-hybridized carbons (Fsp3) is 0.875. The van der Waals surface area contributed by atoms with Gasteiger partial charge in [-0.1, -0.05) is 32.6 Å². The topological polar surface area (TPSA) is 52.7 Å². The molecule has 1 N–H and O–H groups in total. The van der Waals surface area contributed by atoms with Gasteiger partial charge >= 0.3 is 0 Å². The summed E-state index contributed by atoms with van der Waals surface area (Å²) in [6.45, 7) is 8.38. The number of likely N-dealkylation sites (N-methyl/N-ethyl adjacent to an activating group) is 1. The lowest BCUT2D eigenvalue weighted by molar-refractivity contribution is -0.133. The maximum Gasteiger partial charge on any atom is 0.234 e. The third-order valence-electron chi connectivity index (χ3n) is 3.96. The Balaban J connectivity index is 2.14. The predicted octanol–water partition coefficient (Wildman–Crippen LogP) is 1.63.